The van der Waals surface area contributed by atoms with E-state index in [0.717, 1.165) is 0 Å². The SMILES string of the molecule is COc1ccc(N/C=C(/C#N)C(=O)Nc2ccccc2Cl)cc1OC. The van der Waals surface area contributed by atoms with Crippen molar-refractivity contribution in [3.05, 3.63) is 59.3 Å². The van der Waals surface area contributed by atoms with Gasteiger partial charge in [0.05, 0.1) is 24.9 Å². The molecule has 2 N–H and O–H groups in total. The number of benzene rings is 2. The Morgan fingerprint density at radius 3 is 2.52 bits per heavy atom. The third kappa shape index (κ3) is 4.66. The van der Waals surface area contributed by atoms with Gasteiger partial charge >= 0.3 is 0 Å². The van der Waals surface area contributed by atoms with E-state index in [4.69, 9.17) is 21.1 Å². The maximum Gasteiger partial charge on any atom is 0.267 e. The number of anilines is 2. The van der Waals surface area contributed by atoms with Gasteiger partial charge in [-0.2, -0.15) is 5.26 Å². The van der Waals surface area contributed by atoms with Gasteiger partial charge in [0.15, 0.2) is 11.5 Å². The van der Waals surface area contributed by atoms with Crippen LogP contribution in [0.5, 0.6) is 11.5 Å². The largest absolute Gasteiger partial charge is 0.493 e. The molecule has 6 nitrogen and oxygen atoms in total. The van der Waals surface area contributed by atoms with Gasteiger partial charge in [0.25, 0.3) is 5.91 Å². The molecule has 2 rings (SSSR count). The number of ether oxygens (including phenoxy) is 2. The fraction of sp³-hybridized carbons (Fsp3) is 0.111. The Morgan fingerprint density at radius 1 is 1.16 bits per heavy atom. The van der Waals surface area contributed by atoms with E-state index < -0.39 is 5.91 Å². The number of carbonyl (C=O) groups excluding carboxylic acids is 1. The highest BCUT2D eigenvalue weighted by Gasteiger charge is 2.11. The van der Waals surface area contributed by atoms with Crippen molar-refractivity contribution in [3.8, 4) is 17.6 Å². The highest BCUT2D eigenvalue weighted by Crippen LogP contribution is 2.29. The van der Waals surface area contributed by atoms with Crippen LogP contribution in [0.2, 0.25) is 5.02 Å². The lowest BCUT2D eigenvalue weighted by molar-refractivity contribution is -0.112. The standard InChI is InChI=1S/C18H16ClN3O3/c1-24-16-8-7-13(9-17(16)25-2)21-11-12(10-20)18(23)22-15-6-4-3-5-14(15)19/h3-9,11,21H,1-2H3,(H,22,23)/b12-11-. The van der Waals surface area contributed by atoms with Crippen molar-refractivity contribution < 1.29 is 14.3 Å². The molecule has 0 spiro atoms. The molecule has 0 bridgehead atoms. The maximum atomic E-state index is 12.2. The van der Waals surface area contributed by atoms with Gasteiger partial charge in [0.2, 0.25) is 0 Å². The minimum Gasteiger partial charge on any atom is -0.493 e. The van der Waals surface area contributed by atoms with Crippen LogP contribution in [0.25, 0.3) is 0 Å². The van der Waals surface area contributed by atoms with E-state index in [0.29, 0.717) is 27.9 Å². The van der Waals surface area contributed by atoms with Gasteiger partial charge in [-0.05, 0) is 24.3 Å². The van der Waals surface area contributed by atoms with Gasteiger partial charge in [0.1, 0.15) is 11.6 Å². The van der Waals surface area contributed by atoms with Crippen molar-refractivity contribution in [2.45, 2.75) is 0 Å². The second-order valence-corrected chi connectivity index (χ2v) is 5.23. The maximum absolute atomic E-state index is 12.2. The number of nitriles is 1. The zero-order chi connectivity index (χ0) is 18.2. The summed E-state index contributed by atoms with van der Waals surface area (Å²) in [5.41, 5.74) is 0.965. The number of hydrogen-bond donors (Lipinski definition) is 2. The van der Waals surface area contributed by atoms with E-state index in [1.165, 1.54) is 20.4 Å². The number of halogens is 1. The van der Waals surface area contributed by atoms with Crippen LogP contribution in [0, 0.1) is 11.3 Å². The first kappa shape index (κ1) is 18.2. The first-order valence-corrected chi connectivity index (χ1v) is 7.61. The molecule has 0 saturated carbocycles. The molecule has 0 unspecified atom stereocenters. The van der Waals surface area contributed by atoms with Crippen LogP contribution in [-0.2, 0) is 4.79 Å². The summed E-state index contributed by atoms with van der Waals surface area (Å²) >= 11 is 5.99. The Balaban J connectivity index is 2.14. The minimum absolute atomic E-state index is 0.102. The number of carbonyl (C=O) groups is 1. The molecule has 1 amide bonds. The average Bonchev–Trinajstić information content (AvgIpc) is 2.63. The van der Waals surface area contributed by atoms with Crippen LogP contribution in [-0.4, -0.2) is 20.1 Å². The second-order valence-electron chi connectivity index (χ2n) is 4.82. The topological polar surface area (TPSA) is 83.4 Å². The van der Waals surface area contributed by atoms with Gasteiger partial charge in [0, 0.05) is 18.0 Å². The van der Waals surface area contributed by atoms with Crippen LogP contribution in [0.4, 0.5) is 11.4 Å². The van der Waals surface area contributed by atoms with Gasteiger partial charge < -0.3 is 20.1 Å². The monoisotopic (exact) mass is 357 g/mol. The van der Waals surface area contributed by atoms with Crippen LogP contribution >= 0.6 is 11.6 Å². The third-order valence-corrected chi connectivity index (χ3v) is 3.58. The van der Waals surface area contributed by atoms with E-state index in [-0.39, 0.29) is 5.57 Å². The van der Waals surface area contributed by atoms with Crippen LogP contribution in [0.15, 0.2) is 54.2 Å². The van der Waals surface area contributed by atoms with Crippen molar-refractivity contribution in [1.82, 2.24) is 0 Å². The molecule has 0 heterocycles. The molecule has 0 aliphatic heterocycles. The Kier molecular flexibility index (Phi) is 6.26. The molecule has 0 saturated heterocycles. The zero-order valence-electron chi connectivity index (χ0n) is 13.7. The van der Waals surface area contributed by atoms with Crippen molar-refractivity contribution in [1.29, 1.82) is 5.26 Å². The summed E-state index contributed by atoms with van der Waals surface area (Å²) in [6.45, 7) is 0. The third-order valence-electron chi connectivity index (χ3n) is 3.25. The number of methoxy groups -OCH3 is 2. The van der Waals surface area contributed by atoms with Crippen LogP contribution in [0.3, 0.4) is 0 Å². The van der Waals surface area contributed by atoms with E-state index in [2.05, 4.69) is 10.6 Å². The highest BCUT2D eigenvalue weighted by molar-refractivity contribution is 6.33. The first-order chi connectivity index (χ1) is 12.1. The van der Waals surface area contributed by atoms with E-state index in [1.807, 2.05) is 6.07 Å². The Bertz CT molecular complexity index is 844. The summed E-state index contributed by atoms with van der Waals surface area (Å²) in [4.78, 5) is 12.2. The summed E-state index contributed by atoms with van der Waals surface area (Å²) in [5.74, 6) is 0.539. The molecular weight excluding hydrogens is 342 g/mol. The quantitative estimate of drug-likeness (QED) is 0.606. The lowest BCUT2D eigenvalue weighted by Gasteiger charge is -2.10. The summed E-state index contributed by atoms with van der Waals surface area (Å²) in [6.07, 6.45) is 1.31. The number of hydrogen-bond acceptors (Lipinski definition) is 5. The van der Waals surface area contributed by atoms with Crippen molar-refractivity contribution in [3.63, 3.8) is 0 Å². The van der Waals surface area contributed by atoms with Crippen molar-refractivity contribution in [2.24, 2.45) is 0 Å². The van der Waals surface area contributed by atoms with E-state index >= 15 is 0 Å². The molecule has 0 atom stereocenters. The fourth-order valence-electron chi connectivity index (χ4n) is 1.98. The molecule has 0 radical (unpaired) electrons. The molecule has 2 aromatic carbocycles. The van der Waals surface area contributed by atoms with Gasteiger partial charge in [-0.15, -0.1) is 0 Å². The lowest BCUT2D eigenvalue weighted by Crippen LogP contribution is -2.14. The van der Waals surface area contributed by atoms with E-state index in [1.54, 1.807) is 42.5 Å². The number of nitrogens with one attached hydrogen (secondary N) is 2. The molecule has 0 aromatic heterocycles. The molecule has 2 aromatic rings. The number of nitrogens with zero attached hydrogens (tertiary/aromatic N) is 1. The number of para-hydroxylation sites is 1. The Morgan fingerprint density at radius 2 is 1.88 bits per heavy atom. The molecule has 7 heteroatoms. The number of rotatable bonds is 6. The smallest absolute Gasteiger partial charge is 0.267 e. The summed E-state index contributed by atoms with van der Waals surface area (Å²) in [7, 11) is 3.06. The summed E-state index contributed by atoms with van der Waals surface area (Å²) < 4.78 is 10.4. The van der Waals surface area contributed by atoms with Crippen molar-refractivity contribution >= 4 is 28.9 Å². The highest BCUT2D eigenvalue weighted by atomic mass is 35.5. The molecule has 0 fully saturated rings. The molecular formula is C18H16ClN3O3. The summed E-state index contributed by atoms with van der Waals surface area (Å²) in [5, 5.41) is 15.1. The number of amides is 1. The average molecular weight is 358 g/mol. The molecule has 0 aliphatic carbocycles. The van der Waals surface area contributed by atoms with Gasteiger partial charge in [-0.3, -0.25) is 4.79 Å². The molecule has 0 aliphatic rings. The van der Waals surface area contributed by atoms with Gasteiger partial charge in [-0.25, -0.2) is 0 Å². The Labute approximate surface area is 150 Å². The first-order valence-electron chi connectivity index (χ1n) is 7.23. The molecule has 25 heavy (non-hydrogen) atoms. The fourth-order valence-corrected chi connectivity index (χ4v) is 2.17. The lowest BCUT2D eigenvalue weighted by atomic mass is 10.2. The van der Waals surface area contributed by atoms with E-state index in [9.17, 15) is 10.1 Å². The van der Waals surface area contributed by atoms with Crippen LogP contribution in [0.1, 0.15) is 0 Å². The van der Waals surface area contributed by atoms with Crippen LogP contribution < -0.4 is 20.1 Å². The zero-order valence-corrected chi connectivity index (χ0v) is 14.4. The Hall–Kier alpha value is -3.17. The normalized spacial score (nSPS) is 10.6. The molecule has 128 valence electrons. The summed E-state index contributed by atoms with van der Waals surface area (Å²) in [6, 6.07) is 13.8. The van der Waals surface area contributed by atoms with Gasteiger partial charge in [-0.1, -0.05) is 23.7 Å². The predicted octanol–water partition coefficient (Wildman–Crippen LogP) is 3.82. The second kappa shape index (κ2) is 8.62. The van der Waals surface area contributed by atoms with Crippen molar-refractivity contribution in [2.75, 3.05) is 24.9 Å². The predicted molar refractivity (Wildman–Crippen MR) is 96.9 cm³/mol. The minimum atomic E-state index is -0.566.